The molecule has 3 rings (SSSR count). The van der Waals surface area contributed by atoms with E-state index in [1.54, 1.807) is 24.3 Å². The lowest BCUT2D eigenvalue weighted by atomic mass is 9.99. The second-order valence-corrected chi connectivity index (χ2v) is 6.00. The summed E-state index contributed by atoms with van der Waals surface area (Å²) >= 11 is 0. The van der Waals surface area contributed by atoms with Crippen LogP contribution in [0.15, 0.2) is 78.9 Å². The smallest absolute Gasteiger partial charge is 0.335 e. The second-order valence-electron chi connectivity index (χ2n) is 6.00. The van der Waals surface area contributed by atoms with Gasteiger partial charge in [0.25, 0.3) is 0 Å². The molecule has 0 fully saturated rings. The van der Waals surface area contributed by atoms with E-state index in [1.165, 1.54) is 5.56 Å². The van der Waals surface area contributed by atoms with Crippen LogP contribution in [-0.2, 0) is 6.61 Å². The topological polar surface area (TPSA) is 58.6 Å². The molecule has 0 radical (unpaired) electrons. The normalized spacial score (nSPS) is 11.7. The van der Waals surface area contributed by atoms with Gasteiger partial charge in [0.2, 0.25) is 0 Å². The summed E-state index contributed by atoms with van der Waals surface area (Å²) in [7, 11) is 1.94. The van der Waals surface area contributed by atoms with Crippen LogP contribution in [0, 0.1) is 0 Å². The average molecular weight is 347 g/mol. The van der Waals surface area contributed by atoms with Crippen molar-refractivity contribution in [2.24, 2.45) is 0 Å². The van der Waals surface area contributed by atoms with Gasteiger partial charge in [-0.2, -0.15) is 0 Å². The van der Waals surface area contributed by atoms with Crippen LogP contribution in [0.25, 0.3) is 0 Å². The van der Waals surface area contributed by atoms with Gasteiger partial charge in [0.05, 0.1) is 11.6 Å². The fraction of sp³-hybridized carbons (Fsp3) is 0.136. The fourth-order valence-electron chi connectivity index (χ4n) is 2.87. The number of nitrogens with one attached hydrogen (secondary N) is 1. The predicted octanol–water partition coefficient (Wildman–Crippen LogP) is 4.27. The number of aromatic carboxylic acids is 1. The molecule has 0 spiro atoms. The number of carboxylic acid groups (broad SMARTS) is 1. The van der Waals surface area contributed by atoms with Gasteiger partial charge in [-0.25, -0.2) is 4.79 Å². The minimum atomic E-state index is -0.927. The van der Waals surface area contributed by atoms with E-state index in [1.807, 2.05) is 43.4 Å². The zero-order valence-corrected chi connectivity index (χ0v) is 14.6. The predicted molar refractivity (Wildman–Crippen MR) is 102 cm³/mol. The van der Waals surface area contributed by atoms with Crippen LogP contribution in [-0.4, -0.2) is 18.1 Å². The third-order valence-electron chi connectivity index (χ3n) is 4.22. The lowest BCUT2D eigenvalue weighted by molar-refractivity contribution is 0.0697. The second kappa shape index (κ2) is 8.32. The van der Waals surface area contributed by atoms with E-state index in [2.05, 4.69) is 23.5 Å². The molecule has 0 saturated carbocycles. The van der Waals surface area contributed by atoms with Gasteiger partial charge in [-0.05, 0) is 48.0 Å². The maximum atomic E-state index is 10.9. The number of benzene rings is 3. The summed E-state index contributed by atoms with van der Waals surface area (Å²) < 4.78 is 5.89. The van der Waals surface area contributed by atoms with Crippen LogP contribution >= 0.6 is 0 Å². The molecule has 0 bridgehead atoms. The number of hydrogen-bond acceptors (Lipinski definition) is 3. The summed E-state index contributed by atoms with van der Waals surface area (Å²) in [6.07, 6.45) is 0. The molecule has 4 nitrogen and oxygen atoms in total. The van der Waals surface area contributed by atoms with Gasteiger partial charge >= 0.3 is 5.97 Å². The first-order valence-corrected chi connectivity index (χ1v) is 8.44. The quantitative estimate of drug-likeness (QED) is 0.670. The largest absolute Gasteiger partial charge is 0.489 e. The molecule has 0 aliphatic carbocycles. The Morgan fingerprint density at radius 3 is 2.31 bits per heavy atom. The van der Waals surface area contributed by atoms with Crippen molar-refractivity contribution in [3.63, 3.8) is 0 Å². The molecular weight excluding hydrogens is 326 g/mol. The van der Waals surface area contributed by atoms with Gasteiger partial charge in [0, 0.05) is 0 Å². The Morgan fingerprint density at radius 1 is 0.962 bits per heavy atom. The van der Waals surface area contributed by atoms with Crippen molar-refractivity contribution in [1.82, 2.24) is 5.32 Å². The highest BCUT2D eigenvalue weighted by Crippen LogP contribution is 2.25. The number of carboxylic acids is 1. The van der Waals surface area contributed by atoms with E-state index in [0.717, 1.165) is 16.9 Å². The first kappa shape index (κ1) is 17.7. The van der Waals surface area contributed by atoms with Crippen molar-refractivity contribution in [3.8, 4) is 5.75 Å². The Kier molecular flexibility index (Phi) is 5.66. The third kappa shape index (κ3) is 4.29. The Hall–Kier alpha value is -3.11. The number of hydrogen-bond donors (Lipinski definition) is 2. The first-order chi connectivity index (χ1) is 12.7. The molecule has 0 saturated heterocycles. The Bertz CT molecular complexity index is 860. The molecule has 1 atom stereocenters. The summed E-state index contributed by atoms with van der Waals surface area (Å²) in [5, 5.41) is 12.3. The Labute approximate surface area is 153 Å². The molecule has 3 aromatic carbocycles. The molecule has 132 valence electrons. The molecule has 2 N–H and O–H groups in total. The highest BCUT2D eigenvalue weighted by Gasteiger charge is 2.12. The highest BCUT2D eigenvalue weighted by molar-refractivity contribution is 5.87. The minimum absolute atomic E-state index is 0.0922. The van der Waals surface area contributed by atoms with E-state index in [4.69, 9.17) is 9.84 Å². The van der Waals surface area contributed by atoms with Gasteiger partial charge in [-0.15, -0.1) is 0 Å². The number of rotatable bonds is 7. The summed E-state index contributed by atoms with van der Waals surface area (Å²) in [6.45, 7) is 0.388. The zero-order chi connectivity index (χ0) is 18.4. The standard InChI is InChI=1S/C22H21NO3/c1-23-21(17-6-3-2-4-7-17)19-8-5-9-20(14-19)26-15-16-10-12-18(13-11-16)22(24)25/h2-14,21,23H,15H2,1H3,(H,24,25). The molecule has 0 aromatic heterocycles. The van der Waals surface area contributed by atoms with Crippen LogP contribution in [0.5, 0.6) is 5.75 Å². The van der Waals surface area contributed by atoms with Crippen LogP contribution in [0.4, 0.5) is 0 Å². The summed E-state index contributed by atoms with van der Waals surface area (Å²) in [4.78, 5) is 10.9. The van der Waals surface area contributed by atoms with Gasteiger partial charge in [0.1, 0.15) is 12.4 Å². The van der Waals surface area contributed by atoms with Crippen molar-refractivity contribution in [3.05, 3.63) is 101 Å². The van der Waals surface area contributed by atoms with Crippen LogP contribution in [0.3, 0.4) is 0 Å². The van der Waals surface area contributed by atoms with Crippen molar-refractivity contribution >= 4 is 5.97 Å². The molecule has 3 aromatic rings. The van der Waals surface area contributed by atoms with Crippen molar-refractivity contribution in [1.29, 1.82) is 0 Å². The third-order valence-corrected chi connectivity index (χ3v) is 4.22. The summed E-state index contributed by atoms with van der Waals surface area (Å²) in [5.41, 5.74) is 3.51. The SMILES string of the molecule is CNC(c1ccccc1)c1cccc(OCc2ccc(C(=O)O)cc2)c1. The molecule has 26 heavy (non-hydrogen) atoms. The van der Waals surface area contributed by atoms with Crippen molar-refractivity contribution < 1.29 is 14.6 Å². The molecule has 1 unspecified atom stereocenters. The maximum absolute atomic E-state index is 10.9. The van der Waals surface area contributed by atoms with E-state index in [0.29, 0.717) is 6.61 Å². The lowest BCUT2D eigenvalue weighted by Gasteiger charge is -2.18. The van der Waals surface area contributed by atoms with Gasteiger partial charge < -0.3 is 15.2 Å². The van der Waals surface area contributed by atoms with Gasteiger partial charge in [-0.3, -0.25) is 0 Å². The van der Waals surface area contributed by atoms with E-state index in [-0.39, 0.29) is 11.6 Å². The van der Waals surface area contributed by atoms with Crippen LogP contribution in [0.1, 0.15) is 33.1 Å². The van der Waals surface area contributed by atoms with Gasteiger partial charge in [0.15, 0.2) is 0 Å². The van der Waals surface area contributed by atoms with Gasteiger partial charge in [-0.1, -0.05) is 54.6 Å². The fourth-order valence-corrected chi connectivity index (χ4v) is 2.87. The lowest BCUT2D eigenvalue weighted by Crippen LogP contribution is -2.17. The van der Waals surface area contributed by atoms with E-state index in [9.17, 15) is 4.79 Å². The molecule has 0 aliphatic heterocycles. The Balaban J connectivity index is 1.71. The summed E-state index contributed by atoms with van der Waals surface area (Å²) in [6, 6.07) is 25.1. The maximum Gasteiger partial charge on any atom is 0.335 e. The highest BCUT2D eigenvalue weighted by atomic mass is 16.5. The molecular formula is C22H21NO3. The molecule has 0 amide bonds. The first-order valence-electron chi connectivity index (χ1n) is 8.44. The Morgan fingerprint density at radius 2 is 1.65 bits per heavy atom. The monoisotopic (exact) mass is 347 g/mol. The van der Waals surface area contributed by atoms with E-state index < -0.39 is 5.97 Å². The van der Waals surface area contributed by atoms with Crippen LogP contribution < -0.4 is 10.1 Å². The average Bonchev–Trinajstić information content (AvgIpc) is 2.68. The minimum Gasteiger partial charge on any atom is -0.489 e. The van der Waals surface area contributed by atoms with E-state index >= 15 is 0 Å². The van der Waals surface area contributed by atoms with Crippen LogP contribution in [0.2, 0.25) is 0 Å². The van der Waals surface area contributed by atoms with Crippen molar-refractivity contribution in [2.75, 3.05) is 7.05 Å². The number of ether oxygens (including phenoxy) is 1. The summed E-state index contributed by atoms with van der Waals surface area (Å²) in [5.74, 6) is -0.148. The number of carbonyl (C=O) groups is 1. The van der Waals surface area contributed by atoms with Crippen molar-refractivity contribution in [2.45, 2.75) is 12.6 Å². The molecule has 0 aliphatic rings. The zero-order valence-electron chi connectivity index (χ0n) is 14.6. The molecule has 0 heterocycles. The molecule has 4 heteroatoms.